The highest BCUT2D eigenvalue weighted by molar-refractivity contribution is 5.91. The Labute approximate surface area is 88.0 Å². The van der Waals surface area contributed by atoms with Crippen LogP contribution in [0.15, 0.2) is 12.1 Å². The Kier molecular flexibility index (Phi) is 3.80. The quantitative estimate of drug-likeness (QED) is 0.769. The largest absolute Gasteiger partial charge is 0.465 e. The van der Waals surface area contributed by atoms with E-state index in [1.165, 1.54) is 19.2 Å². The molecule has 0 saturated heterocycles. The van der Waals surface area contributed by atoms with Gasteiger partial charge in [0.2, 0.25) is 0 Å². The van der Waals surface area contributed by atoms with Gasteiger partial charge in [0, 0.05) is 0 Å². The third-order valence-corrected chi connectivity index (χ3v) is 2.21. The third-order valence-electron chi connectivity index (χ3n) is 2.21. The van der Waals surface area contributed by atoms with Crippen molar-refractivity contribution < 1.29 is 13.9 Å². The Morgan fingerprint density at radius 2 is 2.20 bits per heavy atom. The molecule has 0 aliphatic heterocycles. The van der Waals surface area contributed by atoms with Crippen molar-refractivity contribution in [2.75, 3.05) is 13.7 Å². The predicted octanol–water partition coefficient (Wildman–Crippen LogP) is 1.42. The lowest BCUT2D eigenvalue weighted by Crippen LogP contribution is -2.09. The molecule has 0 unspecified atom stereocenters. The number of esters is 1. The molecule has 3 nitrogen and oxygen atoms in total. The van der Waals surface area contributed by atoms with Crippen LogP contribution in [-0.4, -0.2) is 19.6 Å². The fourth-order valence-corrected chi connectivity index (χ4v) is 1.39. The average molecular weight is 211 g/mol. The summed E-state index contributed by atoms with van der Waals surface area (Å²) in [6.07, 6.45) is 0.413. The lowest BCUT2D eigenvalue weighted by Gasteiger charge is -2.08. The summed E-state index contributed by atoms with van der Waals surface area (Å²) in [7, 11) is 1.30. The first-order chi connectivity index (χ1) is 7.10. The predicted molar refractivity (Wildman–Crippen MR) is 55.2 cm³/mol. The van der Waals surface area contributed by atoms with Gasteiger partial charge in [0.05, 0.1) is 12.7 Å². The number of rotatable bonds is 3. The summed E-state index contributed by atoms with van der Waals surface area (Å²) in [6.45, 7) is 2.02. The van der Waals surface area contributed by atoms with Gasteiger partial charge in [-0.05, 0) is 43.1 Å². The molecule has 1 rings (SSSR count). The van der Waals surface area contributed by atoms with Crippen LogP contribution >= 0.6 is 0 Å². The minimum Gasteiger partial charge on any atom is -0.465 e. The van der Waals surface area contributed by atoms with Gasteiger partial charge in [0.1, 0.15) is 5.82 Å². The van der Waals surface area contributed by atoms with E-state index >= 15 is 0 Å². The second kappa shape index (κ2) is 4.89. The van der Waals surface area contributed by atoms with E-state index in [4.69, 9.17) is 5.73 Å². The first kappa shape index (κ1) is 11.7. The van der Waals surface area contributed by atoms with Crippen LogP contribution in [0.25, 0.3) is 0 Å². The van der Waals surface area contributed by atoms with Gasteiger partial charge in [0.15, 0.2) is 0 Å². The topological polar surface area (TPSA) is 52.3 Å². The van der Waals surface area contributed by atoms with Crippen molar-refractivity contribution in [2.45, 2.75) is 13.3 Å². The number of nitrogens with two attached hydrogens (primary N) is 1. The van der Waals surface area contributed by atoms with Crippen LogP contribution in [0.2, 0.25) is 0 Å². The van der Waals surface area contributed by atoms with Gasteiger partial charge in [-0.2, -0.15) is 0 Å². The number of methoxy groups -OCH3 is 1. The summed E-state index contributed by atoms with van der Waals surface area (Å²) in [5, 5.41) is 0. The number of hydrogen-bond donors (Lipinski definition) is 1. The number of carbonyl (C=O) groups excluding carboxylic acids is 1. The molecule has 0 bridgehead atoms. The van der Waals surface area contributed by atoms with Gasteiger partial charge >= 0.3 is 5.97 Å². The molecule has 0 atom stereocenters. The van der Waals surface area contributed by atoms with E-state index in [1.54, 1.807) is 6.92 Å². The smallest absolute Gasteiger partial charge is 0.338 e. The van der Waals surface area contributed by atoms with Crippen LogP contribution in [0.5, 0.6) is 0 Å². The van der Waals surface area contributed by atoms with Gasteiger partial charge in [-0.25, -0.2) is 9.18 Å². The van der Waals surface area contributed by atoms with E-state index in [9.17, 15) is 9.18 Å². The standard InChI is InChI=1S/C11H14FNO2/c1-7-5-10(12)8(3-4-13)6-9(7)11(14)15-2/h5-6H,3-4,13H2,1-2H3. The molecule has 0 aromatic heterocycles. The number of halogens is 1. The van der Waals surface area contributed by atoms with E-state index in [0.29, 0.717) is 29.7 Å². The Morgan fingerprint density at radius 1 is 1.53 bits per heavy atom. The molecule has 0 aliphatic rings. The zero-order chi connectivity index (χ0) is 11.4. The fourth-order valence-electron chi connectivity index (χ4n) is 1.39. The summed E-state index contributed by atoms with van der Waals surface area (Å²) >= 11 is 0. The lowest BCUT2D eigenvalue weighted by atomic mass is 10.0. The maximum Gasteiger partial charge on any atom is 0.338 e. The van der Waals surface area contributed by atoms with Gasteiger partial charge in [-0.15, -0.1) is 0 Å². The van der Waals surface area contributed by atoms with E-state index in [-0.39, 0.29) is 5.82 Å². The van der Waals surface area contributed by atoms with Crippen molar-refractivity contribution in [1.82, 2.24) is 0 Å². The minimum absolute atomic E-state index is 0.328. The van der Waals surface area contributed by atoms with Crippen LogP contribution in [-0.2, 0) is 11.2 Å². The van der Waals surface area contributed by atoms with E-state index in [2.05, 4.69) is 4.74 Å². The number of benzene rings is 1. The van der Waals surface area contributed by atoms with Gasteiger partial charge in [-0.1, -0.05) is 0 Å². The van der Waals surface area contributed by atoms with Gasteiger partial charge in [-0.3, -0.25) is 0 Å². The molecule has 2 N–H and O–H groups in total. The van der Waals surface area contributed by atoms with Crippen LogP contribution in [0.3, 0.4) is 0 Å². The molecule has 0 radical (unpaired) electrons. The van der Waals surface area contributed by atoms with E-state index in [1.807, 2.05) is 0 Å². The molecule has 4 heteroatoms. The van der Waals surface area contributed by atoms with Crippen molar-refractivity contribution in [2.24, 2.45) is 5.73 Å². The molecule has 1 aromatic carbocycles. The maximum atomic E-state index is 13.4. The SMILES string of the molecule is COC(=O)c1cc(CCN)c(F)cc1C. The number of hydrogen-bond acceptors (Lipinski definition) is 3. The lowest BCUT2D eigenvalue weighted by molar-refractivity contribution is 0.0599. The van der Waals surface area contributed by atoms with Crippen molar-refractivity contribution >= 4 is 5.97 Å². The number of aryl methyl sites for hydroxylation is 1. The van der Waals surface area contributed by atoms with E-state index < -0.39 is 5.97 Å². The summed E-state index contributed by atoms with van der Waals surface area (Å²) in [6, 6.07) is 2.83. The second-order valence-corrected chi connectivity index (χ2v) is 3.29. The van der Waals surface area contributed by atoms with Crippen molar-refractivity contribution in [3.63, 3.8) is 0 Å². The molecule has 1 aromatic rings. The fraction of sp³-hybridized carbons (Fsp3) is 0.364. The highest BCUT2D eigenvalue weighted by atomic mass is 19.1. The van der Waals surface area contributed by atoms with Gasteiger partial charge in [0.25, 0.3) is 0 Å². The Balaban J connectivity index is 3.17. The average Bonchev–Trinajstić information content (AvgIpc) is 2.21. The van der Waals surface area contributed by atoms with Crippen LogP contribution in [0.4, 0.5) is 4.39 Å². The molecule has 0 heterocycles. The van der Waals surface area contributed by atoms with Crippen molar-refractivity contribution in [3.05, 3.63) is 34.6 Å². The minimum atomic E-state index is -0.453. The Bertz CT molecular complexity index is 377. The molecule has 0 spiro atoms. The molecule has 15 heavy (non-hydrogen) atoms. The molecule has 0 saturated carbocycles. The molecule has 82 valence electrons. The first-order valence-electron chi connectivity index (χ1n) is 4.67. The second-order valence-electron chi connectivity index (χ2n) is 3.29. The summed E-state index contributed by atoms with van der Waals surface area (Å²) in [5.41, 5.74) is 6.75. The Morgan fingerprint density at radius 3 is 2.73 bits per heavy atom. The van der Waals surface area contributed by atoms with Crippen LogP contribution in [0, 0.1) is 12.7 Å². The monoisotopic (exact) mass is 211 g/mol. The molecule has 0 fully saturated rings. The molecular formula is C11H14FNO2. The van der Waals surface area contributed by atoms with E-state index in [0.717, 1.165) is 0 Å². The first-order valence-corrected chi connectivity index (χ1v) is 4.67. The molecular weight excluding hydrogens is 197 g/mol. The highest BCUT2D eigenvalue weighted by Crippen LogP contribution is 2.16. The number of ether oxygens (including phenoxy) is 1. The molecule has 0 aliphatic carbocycles. The van der Waals surface area contributed by atoms with Crippen LogP contribution < -0.4 is 5.73 Å². The van der Waals surface area contributed by atoms with Crippen molar-refractivity contribution in [3.8, 4) is 0 Å². The Hall–Kier alpha value is -1.42. The van der Waals surface area contributed by atoms with Crippen molar-refractivity contribution in [1.29, 1.82) is 0 Å². The zero-order valence-corrected chi connectivity index (χ0v) is 8.84. The maximum absolute atomic E-state index is 13.4. The summed E-state index contributed by atoms with van der Waals surface area (Å²) in [5.74, 6) is -0.781. The third kappa shape index (κ3) is 2.53. The summed E-state index contributed by atoms with van der Waals surface area (Å²) < 4.78 is 18.0. The highest BCUT2D eigenvalue weighted by Gasteiger charge is 2.13. The molecule has 0 amide bonds. The zero-order valence-electron chi connectivity index (χ0n) is 8.84. The van der Waals surface area contributed by atoms with Crippen LogP contribution in [0.1, 0.15) is 21.5 Å². The number of carbonyl (C=O) groups is 1. The normalized spacial score (nSPS) is 10.1. The summed E-state index contributed by atoms with van der Waals surface area (Å²) in [4.78, 5) is 11.3. The van der Waals surface area contributed by atoms with Gasteiger partial charge < -0.3 is 10.5 Å².